The summed E-state index contributed by atoms with van der Waals surface area (Å²) >= 11 is 0. The average molecular weight is 417 g/mol. The van der Waals surface area contributed by atoms with Crippen LogP contribution in [0.2, 0.25) is 0 Å². The number of aromatic nitrogens is 2. The van der Waals surface area contributed by atoms with Crippen molar-refractivity contribution < 1.29 is 30.9 Å². The Hall–Kier alpha value is -2.69. The first-order valence-electron chi connectivity index (χ1n) is 8.47. The van der Waals surface area contributed by atoms with Crippen LogP contribution in [-0.2, 0) is 28.0 Å². The summed E-state index contributed by atoms with van der Waals surface area (Å²) in [4.78, 5) is 15.2. The van der Waals surface area contributed by atoms with Gasteiger partial charge in [0.25, 0.3) is 0 Å². The molecule has 0 aliphatic carbocycles. The normalized spacial score (nSPS) is 11.6. The number of imidazole rings is 1. The Morgan fingerprint density at radius 3 is 2.36 bits per heavy atom. The topological polar surface area (TPSA) is 114 Å². The number of primary amides is 1. The molecular formula is C17H21F2N3O5S. The van der Waals surface area contributed by atoms with Crippen molar-refractivity contribution in [2.45, 2.75) is 51.3 Å². The number of nitrogens with zero attached hydrogens (tertiary/aromatic N) is 2. The van der Waals surface area contributed by atoms with E-state index in [0.29, 0.717) is 12.5 Å². The Morgan fingerprint density at radius 2 is 1.86 bits per heavy atom. The van der Waals surface area contributed by atoms with Crippen LogP contribution in [0.4, 0.5) is 13.6 Å². The van der Waals surface area contributed by atoms with E-state index in [2.05, 4.69) is 4.98 Å². The maximum Gasteiger partial charge on any atom is 0.404 e. The van der Waals surface area contributed by atoms with Crippen molar-refractivity contribution in [3.8, 4) is 5.75 Å². The van der Waals surface area contributed by atoms with E-state index in [4.69, 9.17) is 14.7 Å². The third kappa shape index (κ3) is 4.97. The number of rotatable bonds is 8. The lowest BCUT2D eigenvalue weighted by molar-refractivity contribution is 0.145. The van der Waals surface area contributed by atoms with E-state index in [0.717, 1.165) is 12.1 Å². The highest BCUT2D eigenvalue weighted by atomic mass is 32.2. The van der Waals surface area contributed by atoms with Crippen LogP contribution in [0.1, 0.15) is 44.6 Å². The number of hydrogen-bond acceptors (Lipinski definition) is 6. The first-order chi connectivity index (χ1) is 13.0. The first-order valence-corrected chi connectivity index (χ1v) is 9.88. The molecule has 8 nitrogen and oxygen atoms in total. The number of halogens is 2. The van der Waals surface area contributed by atoms with E-state index in [1.807, 2.05) is 6.92 Å². The zero-order chi connectivity index (χ0) is 21.1. The Morgan fingerprint density at radius 1 is 1.25 bits per heavy atom. The van der Waals surface area contributed by atoms with Crippen molar-refractivity contribution in [3.63, 3.8) is 0 Å². The van der Waals surface area contributed by atoms with Gasteiger partial charge in [0.1, 0.15) is 23.2 Å². The number of ether oxygens (including phenoxy) is 1. The molecule has 28 heavy (non-hydrogen) atoms. The second-order valence-electron chi connectivity index (χ2n) is 6.28. The zero-order valence-electron chi connectivity index (χ0n) is 15.6. The van der Waals surface area contributed by atoms with Gasteiger partial charge in [-0.15, -0.1) is 0 Å². The average Bonchev–Trinajstić information content (AvgIpc) is 2.91. The van der Waals surface area contributed by atoms with Gasteiger partial charge in [0.05, 0.1) is 5.69 Å². The molecule has 2 N–H and O–H groups in total. The minimum absolute atomic E-state index is 0.164. The summed E-state index contributed by atoms with van der Waals surface area (Å²) in [6.45, 7) is 5.15. The molecule has 1 amide bonds. The van der Waals surface area contributed by atoms with Gasteiger partial charge in [0.2, 0.25) is 0 Å². The van der Waals surface area contributed by atoms with Gasteiger partial charge in [-0.05, 0) is 12.3 Å². The summed E-state index contributed by atoms with van der Waals surface area (Å²) in [5.41, 5.74) is 5.15. The summed E-state index contributed by atoms with van der Waals surface area (Å²) in [5.74, 6) is -2.63. The molecule has 0 fully saturated rings. The lowest BCUT2D eigenvalue weighted by Gasteiger charge is -2.14. The summed E-state index contributed by atoms with van der Waals surface area (Å²) < 4.78 is 63.7. The molecule has 2 rings (SSSR count). The Kier molecular flexibility index (Phi) is 6.60. The molecule has 0 atom stereocenters. The molecule has 0 spiro atoms. The molecule has 1 aromatic heterocycles. The highest BCUT2D eigenvalue weighted by Gasteiger charge is 2.31. The fraction of sp³-hybridized carbons (Fsp3) is 0.412. The summed E-state index contributed by atoms with van der Waals surface area (Å²) in [7, 11) is -4.50. The third-order valence-electron chi connectivity index (χ3n) is 3.64. The van der Waals surface area contributed by atoms with Crippen molar-refractivity contribution in [2.24, 2.45) is 5.73 Å². The predicted octanol–water partition coefficient (Wildman–Crippen LogP) is 3.06. The maximum absolute atomic E-state index is 13.4. The van der Waals surface area contributed by atoms with Crippen molar-refractivity contribution in [3.05, 3.63) is 41.4 Å². The fourth-order valence-corrected chi connectivity index (χ4v) is 4.02. The number of nitrogens with two attached hydrogens (primary N) is 1. The van der Waals surface area contributed by atoms with Crippen LogP contribution in [0.25, 0.3) is 0 Å². The van der Waals surface area contributed by atoms with E-state index in [9.17, 15) is 22.0 Å². The number of benzene rings is 1. The Balaban J connectivity index is 2.57. The predicted molar refractivity (Wildman–Crippen MR) is 95.2 cm³/mol. The van der Waals surface area contributed by atoms with Gasteiger partial charge in [0.15, 0.2) is 11.6 Å². The molecule has 0 radical (unpaired) electrons. The van der Waals surface area contributed by atoms with Crippen LogP contribution in [0, 0.1) is 11.6 Å². The fourth-order valence-electron chi connectivity index (χ4n) is 2.58. The van der Waals surface area contributed by atoms with Crippen LogP contribution in [0.3, 0.4) is 0 Å². The van der Waals surface area contributed by atoms with Crippen molar-refractivity contribution in [1.29, 1.82) is 0 Å². The van der Waals surface area contributed by atoms with Gasteiger partial charge < -0.3 is 19.2 Å². The van der Waals surface area contributed by atoms with Crippen molar-refractivity contribution in [2.75, 3.05) is 0 Å². The van der Waals surface area contributed by atoms with Crippen molar-refractivity contribution >= 4 is 16.2 Å². The van der Waals surface area contributed by atoms with Crippen LogP contribution in [0.5, 0.6) is 5.75 Å². The molecule has 0 unspecified atom stereocenters. The molecule has 2 aromatic rings. The summed E-state index contributed by atoms with van der Waals surface area (Å²) in [6, 6.07) is 2.11. The van der Waals surface area contributed by atoms with E-state index in [-0.39, 0.29) is 35.6 Å². The maximum atomic E-state index is 13.4. The summed E-state index contributed by atoms with van der Waals surface area (Å²) in [6.07, 6.45) is -0.498. The smallest absolute Gasteiger partial charge is 0.404 e. The van der Waals surface area contributed by atoms with Gasteiger partial charge in [-0.3, -0.25) is 0 Å². The Bertz CT molecular complexity index is 953. The molecule has 154 valence electrons. The molecule has 0 bridgehead atoms. The van der Waals surface area contributed by atoms with Gasteiger partial charge >= 0.3 is 16.2 Å². The minimum atomic E-state index is -4.50. The van der Waals surface area contributed by atoms with Gasteiger partial charge in [-0.2, -0.15) is 8.42 Å². The van der Waals surface area contributed by atoms with Gasteiger partial charge in [0, 0.05) is 24.7 Å². The molecule has 0 aliphatic rings. The first kappa shape index (κ1) is 21.6. The highest BCUT2D eigenvalue weighted by molar-refractivity contribution is 7.87. The third-order valence-corrected chi connectivity index (χ3v) is 4.96. The number of hydrogen-bond donors (Lipinski definition) is 1. The largest absolute Gasteiger partial charge is 0.442 e. The van der Waals surface area contributed by atoms with Crippen molar-refractivity contribution in [1.82, 2.24) is 9.55 Å². The quantitative estimate of drug-likeness (QED) is 0.661. The van der Waals surface area contributed by atoms with E-state index in [1.165, 1.54) is 4.57 Å². The van der Waals surface area contributed by atoms with Crippen LogP contribution >= 0.6 is 0 Å². The van der Waals surface area contributed by atoms with Gasteiger partial charge in [-0.1, -0.05) is 20.8 Å². The standard InChI is InChI=1S/C17H21F2N3O5S/c1-4-5-22-14(9-26-17(20)23)21-15(10(2)3)16(22)28(24,25)27-13-7-11(18)6-12(19)8-13/h6-8,10H,4-5,9H2,1-3H3,(H2,20,23). The highest BCUT2D eigenvalue weighted by Crippen LogP contribution is 2.29. The molecule has 0 saturated carbocycles. The minimum Gasteiger partial charge on any atom is -0.442 e. The molecule has 1 aromatic carbocycles. The van der Waals surface area contributed by atoms with Crippen LogP contribution in [-0.4, -0.2) is 24.1 Å². The number of amides is 1. The molecule has 1 heterocycles. The second kappa shape index (κ2) is 8.55. The zero-order valence-corrected chi connectivity index (χ0v) is 16.4. The molecular weight excluding hydrogens is 396 g/mol. The lowest BCUT2D eigenvalue weighted by Crippen LogP contribution is -2.20. The molecule has 0 saturated heterocycles. The summed E-state index contributed by atoms with van der Waals surface area (Å²) in [5, 5.41) is -0.267. The van der Waals surface area contributed by atoms with Gasteiger partial charge in [-0.25, -0.2) is 18.6 Å². The number of carbonyl (C=O) groups is 1. The van der Waals surface area contributed by atoms with E-state index >= 15 is 0 Å². The molecule has 0 aliphatic heterocycles. The number of carbonyl (C=O) groups excluding carboxylic acids is 1. The SMILES string of the molecule is CCCn1c(COC(N)=O)nc(C(C)C)c1S(=O)(=O)Oc1cc(F)cc(F)c1. The monoisotopic (exact) mass is 417 g/mol. The lowest BCUT2D eigenvalue weighted by atomic mass is 10.1. The second-order valence-corrected chi connectivity index (χ2v) is 7.74. The van der Waals surface area contributed by atoms with E-state index < -0.39 is 33.6 Å². The van der Waals surface area contributed by atoms with E-state index in [1.54, 1.807) is 13.8 Å². The van der Waals surface area contributed by atoms with Crippen LogP contribution in [0.15, 0.2) is 23.2 Å². The molecule has 11 heteroatoms. The van der Waals surface area contributed by atoms with Crippen LogP contribution < -0.4 is 9.92 Å². The Labute approximate surface area is 161 Å².